The summed E-state index contributed by atoms with van der Waals surface area (Å²) in [6, 6.07) is 19.6. The van der Waals surface area contributed by atoms with Gasteiger partial charge in [-0.25, -0.2) is 0 Å². The molecule has 2 N–H and O–H groups in total. The molecule has 0 bridgehead atoms. The number of aromatic nitrogens is 2. The van der Waals surface area contributed by atoms with Gasteiger partial charge in [0.2, 0.25) is 0 Å². The van der Waals surface area contributed by atoms with E-state index in [-0.39, 0.29) is 12.5 Å². The Hall–Kier alpha value is -2.47. The Morgan fingerprint density at radius 3 is 2.53 bits per heavy atom. The first-order valence-electron chi connectivity index (χ1n) is 12.8. The molecule has 1 saturated carbocycles. The van der Waals surface area contributed by atoms with Gasteiger partial charge < -0.3 is 10.2 Å². The minimum atomic E-state index is -1.00. The van der Waals surface area contributed by atoms with Crippen molar-refractivity contribution in [2.24, 2.45) is 5.92 Å². The van der Waals surface area contributed by atoms with Crippen molar-refractivity contribution in [1.29, 1.82) is 0 Å². The fourth-order valence-corrected chi connectivity index (χ4v) is 5.39. The first kappa shape index (κ1) is 23.3. The third kappa shape index (κ3) is 4.83. The van der Waals surface area contributed by atoms with Gasteiger partial charge in [-0.2, -0.15) is 5.10 Å². The van der Waals surface area contributed by atoms with E-state index < -0.39 is 5.60 Å². The zero-order chi connectivity index (χ0) is 23.7. The maximum atomic E-state index is 10.6. The molecule has 1 saturated heterocycles. The lowest BCUT2D eigenvalue weighted by Gasteiger charge is -2.39. The van der Waals surface area contributed by atoms with Gasteiger partial charge in [-0.1, -0.05) is 42.5 Å². The largest absolute Gasteiger partial charge is 0.393 e. The minimum Gasteiger partial charge on any atom is -0.393 e. The van der Waals surface area contributed by atoms with E-state index in [4.69, 9.17) is 5.10 Å². The fraction of sp³-hybridized carbons (Fsp3) is 0.483. The summed E-state index contributed by atoms with van der Waals surface area (Å²) in [5.74, 6) is 0.766. The maximum Gasteiger partial charge on any atom is 0.0929 e. The Kier molecular flexibility index (Phi) is 6.61. The molecule has 2 fully saturated rings. The lowest BCUT2D eigenvalue weighted by atomic mass is 9.83. The summed E-state index contributed by atoms with van der Waals surface area (Å²) in [4.78, 5) is 2.46. The number of benzene rings is 2. The highest BCUT2D eigenvalue weighted by Gasteiger charge is 2.35. The van der Waals surface area contributed by atoms with Gasteiger partial charge in [-0.15, -0.1) is 0 Å². The second kappa shape index (κ2) is 9.65. The van der Waals surface area contributed by atoms with Crippen LogP contribution >= 0.6 is 0 Å². The SMILES string of the molecule is CCn1nc(-c2ccc(CN3CCC[C@H]([C@](C)(O)CO)C3)c(C3CC3)c2)cc1-c1ccccc1. The lowest BCUT2D eigenvalue weighted by molar-refractivity contribution is -0.0697. The van der Waals surface area contributed by atoms with E-state index in [1.165, 1.54) is 35.1 Å². The van der Waals surface area contributed by atoms with Crippen molar-refractivity contribution in [3.05, 3.63) is 65.7 Å². The van der Waals surface area contributed by atoms with Crippen LogP contribution in [0, 0.1) is 5.92 Å². The van der Waals surface area contributed by atoms with Gasteiger partial charge in [0.25, 0.3) is 0 Å². The molecule has 2 atom stereocenters. The second-order valence-corrected chi connectivity index (χ2v) is 10.4. The van der Waals surface area contributed by atoms with Crippen molar-refractivity contribution >= 4 is 0 Å². The van der Waals surface area contributed by atoms with Gasteiger partial charge in [0.05, 0.1) is 23.6 Å². The van der Waals surface area contributed by atoms with Crippen LogP contribution < -0.4 is 0 Å². The first-order chi connectivity index (χ1) is 16.5. The van der Waals surface area contributed by atoms with Gasteiger partial charge in [-0.3, -0.25) is 9.58 Å². The number of aliphatic hydroxyl groups is 2. The van der Waals surface area contributed by atoms with Crippen molar-refractivity contribution < 1.29 is 10.2 Å². The van der Waals surface area contributed by atoms with Gasteiger partial charge in [0.1, 0.15) is 0 Å². The van der Waals surface area contributed by atoms with Crippen LogP contribution in [0.3, 0.4) is 0 Å². The number of nitrogens with zero attached hydrogens (tertiary/aromatic N) is 3. The highest BCUT2D eigenvalue weighted by atomic mass is 16.3. The summed E-state index contributed by atoms with van der Waals surface area (Å²) in [7, 11) is 0. The van der Waals surface area contributed by atoms with Gasteiger partial charge in [-0.05, 0) is 80.8 Å². The monoisotopic (exact) mass is 459 g/mol. The lowest BCUT2D eigenvalue weighted by Crippen LogP contribution is -2.47. The molecule has 5 rings (SSSR count). The van der Waals surface area contributed by atoms with Crippen molar-refractivity contribution in [2.75, 3.05) is 19.7 Å². The van der Waals surface area contributed by atoms with Crippen molar-refractivity contribution in [3.8, 4) is 22.5 Å². The minimum absolute atomic E-state index is 0.115. The molecule has 1 aromatic heterocycles. The van der Waals surface area contributed by atoms with E-state index in [0.717, 1.165) is 50.4 Å². The molecule has 3 aromatic rings. The van der Waals surface area contributed by atoms with Crippen LogP contribution in [-0.4, -0.2) is 50.2 Å². The van der Waals surface area contributed by atoms with Crippen LogP contribution in [0.25, 0.3) is 22.5 Å². The molecule has 0 spiro atoms. The van der Waals surface area contributed by atoms with Crippen LogP contribution in [0.2, 0.25) is 0 Å². The van der Waals surface area contributed by atoms with Gasteiger partial charge in [0, 0.05) is 31.1 Å². The number of likely N-dealkylation sites (tertiary alicyclic amines) is 1. The Labute approximate surface area is 203 Å². The highest BCUT2D eigenvalue weighted by Crippen LogP contribution is 2.43. The molecule has 2 aromatic carbocycles. The molecular formula is C29H37N3O2. The quantitative estimate of drug-likeness (QED) is 0.494. The highest BCUT2D eigenvalue weighted by molar-refractivity contribution is 5.69. The summed E-state index contributed by atoms with van der Waals surface area (Å²) >= 11 is 0. The third-order valence-corrected chi connectivity index (χ3v) is 7.71. The predicted molar refractivity (Wildman–Crippen MR) is 136 cm³/mol. The van der Waals surface area contributed by atoms with E-state index in [1.54, 1.807) is 6.92 Å². The molecule has 0 unspecified atom stereocenters. The number of hydrogen-bond acceptors (Lipinski definition) is 4. The smallest absolute Gasteiger partial charge is 0.0929 e. The first-order valence-corrected chi connectivity index (χ1v) is 12.8. The summed E-state index contributed by atoms with van der Waals surface area (Å²) in [6.45, 7) is 7.36. The van der Waals surface area contributed by atoms with E-state index in [0.29, 0.717) is 5.92 Å². The number of aryl methyl sites for hydroxylation is 1. The molecular weight excluding hydrogens is 422 g/mol. The Morgan fingerprint density at radius 2 is 1.82 bits per heavy atom. The van der Waals surface area contributed by atoms with E-state index >= 15 is 0 Å². The summed E-state index contributed by atoms with van der Waals surface area (Å²) in [5.41, 5.74) is 6.43. The molecule has 0 radical (unpaired) electrons. The third-order valence-electron chi connectivity index (χ3n) is 7.71. The van der Waals surface area contributed by atoms with Crippen molar-refractivity contribution in [1.82, 2.24) is 14.7 Å². The van der Waals surface area contributed by atoms with Crippen LogP contribution in [0.1, 0.15) is 56.6 Å². The van der Waals surface area contributed by atoms with E-state index in [9.17, 15) is 10.2 Å². The van der Waals surface area contributed by atoms with Crippen molar-refractivity contribution in [2.45, 2.75) is 64.1 Å². The summed E-state index contributed by atoms with van der Waals surface area (Å²) in [5, 5.41) is 25.2. The van der Waals surface area contributed by atoms with Crippen molar-refractivity contribution in [3.63, 3.8) is 0 Å². The van der Waals surface area contributed by atoms with Crippen LogP contribution in [0.5, 0.6) is 0 Å². The topological polar surface area (TPSA) is 61.5 Å². The average molecular weight is 460 g/mol. The Bertz CT molecular complexity index is 1120. The van der Waals surface area contributed by atoms with E-state index in [1.807, 2.05) is 6.07 Å². The molecule has 0 amide bonds. The fourth-order valence-electron chi connectivity index (χ4n) is 5.39. The second-order valence-electron chi connectivity index (χ2n) is 10.4. The summed E-state index contributed by atoms with van der Waals surface area (Å²) in [6.07, 6.45) is 4.56. The standard InChI is InChI=1S/C29H37N3O2/c1-3-32-28(22-8-5-4-6-9-22)17-27(30-32)23-13-14-24(26(16-23)21-11-12-21)18-31-15-7-10-25(19-31)29(2,34)20-33/h4-6,8-9,13-14,16-17,21,25,33-34H,3,7,10-12,15,18-20H2,1-2H3/t25-,29+/m0/s1. The summed E-state index contributed by atoms with van der Waals surface area (Å²) < 4.78 is 2.09. The molecule has 5 nitrogen and oxygen atoms in total. The number of hydrogen-bond donors (Lipinski definition) is 2. The molecule has 1 aliphatic carbocycles. The molecule has 34 heavy (non-hydrogen) atoms. The predicted octanol–water partition coefficient (Wildman–Crippen LogP) is 5.07. The van der Waals surface area contributed by atoms with Crippen LogP contribution in [0.4, 0.5) is 0 Å². The van der Waals surface area contributed by atoms with Gasteiger partial charge >= 0.3 is 0 Å². The molecule has 2 heterocycles. The number of rotatable bonds is 8. The maximum absolute atomic E-state index is 10.6. The van der Waals surface area contributed by atoms with E-state index in [2.05, 4.69) is 65.0 Å². The zero-order valence-corrected chi connectivity index (χ0v) is 20.5. The van der Waals surface area contributed by atoms with Gasteiger partial charge in [0.15, 0.2) is 0 Å². The zero-order valence-electron chi connectivity index (χ0n) is 20.5. The molecule has 2 aliphatic rings. The Balaban J connectivity index is 1.40. The molecule has 1 aliphatic heterocycles. The average Bonchev–Trinajstić information content (AvgIpc) is 3.63. The normalized spacial score (nSPS) is 20.9. The number of piperidine rings is 1. The Morgan fingerprint density at radius 1 is 1.03 bits per heavy atom. The van der Waals surface area contributed by atoms with Crippen LogP contribution in [0.15, 0.2) is 54.6 Å². The molecule has 5 heteroatoms. The van der Waals surface area contributed by atoms with Crippen LogP contribution in [-0.2, 0) is 13.1 Å². The molecule has 180 valence electrons. The number of aliphatic hydroxyl groups excluding tert-OH is 1.